The van der Waals surface area contributed by atoms with Gasteiger partial charge in [0.2, 0.25) is 0 Å². The zero-order chi connectivity index (χ0) is 15.2. The number of unbranched alkanes of at least 4 members (excludes halogenated alkanes) is 9. The van der Waals surface area contributed by atoms with Gasteiger partial charge in [0.1, 0.15) is 0 Å². The Hall–Kier alpha value is -0.631. The molecule has 0 saturated heterocycles. The summed E-state index contributed by atoms with van der Waals surface area (Å²) in [7, 11) is 0. The molecule has 0 aromatic heterocycles. The Morgan fingerprint density at radius 2 is 1.18 bits per heavy atom. The van der Waals surface area contributed by atoms with Crippen LogP contribution in [-0.2, 0) is 11.2 Å². The van der Waals surface area contributed by atoms with Crippen LogP contribution in [0.4, 0.5) is 0 Å². The van der Waals surface area contributed by atoms with Gasteiger partial charge in [0.05, 0.1) is 0 Å². The molecule has 4 N–H and O–H groups in total. The monoisotopic (exact) mass is 371 g/mol. The number of carbonyl (C=O) groups is 1. The summed E-state index contributed by atoms with van der Waals surface area (Å²) in [4.78, 5) is 10.7. The Labute approximate surface area is 144 Å². The number of aryl methyl sites for hydroxylation is 1. The zero-order valence-electron chi connectivity index (χ0n) is 14.2. The molecule has 0 spiro atoms. The number of quaternary nitrogens is 1. The van der Waals surface area contributed by atoms with Crippen molar-refractivity contribution in [2.75, 3.05) is 0 Å². The van der Waals surface area contributed by atoms with Crippen molar-refractivity contribution in [1.82, 2.24) is 6.15 Å². The van der Waals surface area contributed by atoms with Crippen LogP contribution in [-0.4, -0.2) is 20.7 Å². The number of rotatable bonds is 13. The molecule has 22 heavy (non-hydrogen) atoms. The smallest absolute Gasteiger partial charge is 0.369 e. The molecule has 1 aromatic rings. The van der Waals surface area contributed by atoms with E-state index in [4.69, 9.17) is 0 Å². The molecule has 0 aliphatic rings. The van der Waals surface area contributed by atoms with Crippen LogP contribution >= 0.6 is 0 Å². The first kappa shape index (κ1) is 21.4. The van der Waals surface area contributed by atoms with E-state index in [1.807, 2.05) is 0 Å². The predicted molar refractivity (Wildman–Crippen MR) is 97.7 cm³/mol. The minimum atomic E-state index is 0. The van der Waals surface area contributed by atoms with Crippen LogP contribution in [0.2, 0.25) is 0 Å². The molecule has 0 saturated carbocycles. The Kier molecular flexibility index (Phi) is 14.8. The Balaban J connectivity index is 0.00000441. The van der Waals surface area contributed by atoms with Crippen molar-refractivity contribution in [3.05, 3.63) is 35.9 Å². The van der Waals surface area contributed by atoms with Gasteiger partial charge in [-0.1, -0.05) is 30.3 Å². The van der Waals surface area contributed by atoms with Gasteiger partial charge in [0.25, 0.3) is 0 Å². The number of benzene rings is 1. The van der Waals surface area contributed by atoms with Crippen LogP contribution in [0.15, 0.2) is 30.3 Å². The van der Waals surface area contributed by atoms with Crippen molar-refractivity contribution >= 4 is 20.7 Å². The standard InChI is InChI=1S/C19H30OSe.H3N/c20-19(21)17-13-8-6-4-2-1-3-5-7-10-14-18-15-11-9-12-16-18;/h9,11-12,15-16H,1-8,10,13-14,17H2,(H,20,21);1H3. The fraction of sp³-hybridized carbons (Fsp3) is 0.632. The molecule has 0 amide bonds. The zero-order valence-corrected chi connectivity index (χ0v) is 15.9. The molecule has 126 valence electrons. The quantitative estimate of drug-likeness (QED) is 0.357. The van der Waals surface area contributed by atoms with Gasteiger partial charge >= 0.3 is 96.1 Å². The number of hydrogen-bond donors (Lipinski definition) is 1. The van der Waals surface area contributed by atoms with E-state index >= 15 is 0 Å². The summed E-state index contributed by atoms with van der Waals surface area (Å²) in [5.74, 6) is 0. The van der Waals surface area contributed by atoms with Crippen LogP contribution in [0.1, 0.15) is 76.2 Å². The molecular formula is C19H33NOSe. The molecule has 0 heterocycles. The normalized spacial score (nSPS) is 10.2. The van der Waals surface area contributed by atoms with Crippen LogP contribution < -0.4 is 6.15 Å². The molecule has 1 rings (SSSR count). The van der Waals surface area contributed by atoms with Gasteiger partial charge in [-0.05, 0) is 12.0 Å². The van der Waals surface area contributed by atoms with Crippen LogP contribution in [0.3, 0.4) is 0 Å². The van der Waals surface area contributed by atoms with Crippen molar-refractivity contribution < 1.29 is 4.79 Å². The molecule has 1 aromatic carbocycles. The molecular weight excluding hydrogens is 337 g/mol. The second-order valence-electron chi connectivity index (χ2n) is 5.89. The van der Waals surface area contributed by atoms with E-state index in [0.717, 1.165) is 12.8 Å². The molecule has 3 heteroatoms. The minimum Gasteiger partial charge on any atom is -0.369 e. The third kappa shape index (κ3) is 13.1. The Morgan fingerprint density at radius 3 is 1.68 bits per heavy atom. The van der Waals surface area contributed by atoms with Crippen molar-refractivity contribution in [2.24, 2.45) is 0 Å². The van der Waals surface area contributed by atoms with Gasteiger partial charge in [0, 0.05) is 0 Å². The van der Waals surface area contributed by atoms with Gasteiger partial charge in [-0.25, -0.2) is 0 Å². The number of hydrogen-bond acceptors (Lipinski definition) is 1. The maximum absolute atomic E-state index is 10.7. The first-order valence-electron chi connectivity index (χ1n) is 8.53. The van der Waals surface area contributed by atoms with E-state index in [1.54, 1.807) is 0 Å². The van der Waals surface area contributed by atoms with E-state index in [-0.39, 0.29) is 10.8 Å². The fourth-order valence-corrected chi connectivity index (χ4v) is 2.96. The van der Waals surface area contributed by atoms with Crippen molar-refractivity contribution in [2.45, 2.75) is 77.0 Å². The molecule has 0 radical (unpaired) electrons. The SMILES string of the molecule is O=C([Se-])CCCCCCCCCCCCc1ccccc1.[NH4+]. The third-order valence-electron chi connectivity index (χ3n) is 3.94. The Morgan fingerprint density at radius 1 is 0.727 bits per heavy atom. The minimum absolute atomic E-state index is 0. The summed E-state index contributed by atoms with van der Waals surface area (Å²) in [6.07, 6.45) is 15.1. The van der Waals surface area contributed by atoms with E-state index in [2.05, 4.69) is 46.3 Å². The van der Waals surface area contributed by atoms with Gasteiger partial charge in [-0.2, -0.15) is 0 Å². The second-order valence-corrected chi connectivity index (χ2v) is 6.85. The molecule has 0 atom stereocenters. The third-order valence-corrected chi connectivity index (χ3v) is 4.37. The van der Waals surface area contributed by atoms with E-state index in [0.29, 0.717) is 0 Å². The summed E-state index contributed by atoms with van der Waals surface area (Å²) < 4.78 is 0.213. The van der Waals surface area contributed by atoms with Crippen molar-refractivity contribution in [3.63, 3.8) is 0 Å². The van der Waals surface area contributed by atoms with Gasteiger partial charge in [0.15, 0.2) is 0 Å². The van der Waals surface area contributed by atoms with E-state index in [1.165, 1.54) is 69.8 Å². The maximum atomic E-state index is 10.7. The molecule has 0 fully saturated rings. The first-order valence-corrected chi connectivity index (χ1v) is 9.38. The van der Waals surface area contributed by atoms with Crippen LogP contribution in [0, 0.1) is 0 Å². The summed E-state index contributed by atoms with van der Waals surface area (Å²) in [5, 5.41) is 0. The second kappa shape index (κ2) is 15.3. The van der Waals surface area contributed by atoms with Gasteiger partial charge in [-0.15, -0.1) is 0 Å². The van der Waals surface area contributed by atoms with Crippen LogP contribution in [0.25, 0.3) is 0 Å². The van der Waals surface area contributed by atoms with Gasteiger partial charge < -0.3 is 6.15 Å². The molecule has 0 bridgehead atoms. The average molecular weight is 370 g/mol. The molecule has 0 unspecified atom stereocenters. The summed E-state index contributed by atoms with van der Waals surface area (Å²) in [5.41, 5.74) is 1.47. The van der Waals surface area contributed by atoms with E-state index < -0.39 is 0 Å². The molecule has 2 nitrogen and oxygen atoms in total. The summed E-state index contributed by atoms with van der Waals surface area (Å²) >= 11 is 2.55. The molecule has 0 aliphatic heterocycles. The topological polar surface area (TPSA) is 53.6 Å². The number of carbonyl (C=O) groups excluding carboxylic acids is 1. The van der Waals surface area contributed by atoms with E-state index in [9.17, 15) is 4.79 Å². The molecule has 0 aliphatic carbocycles. The van der Waals surface area contributed by atoms with Crippen molar-refractivity contribution in [1.29, 1.82) is 0 Å². The Bertz CT molecular complexity index is 367. The van der Waals surface area contributed by atoms with Gasteiger partial charge in [-0.3, -0.25) is 0 Å². The van der Waals surface area contributed by atoms with Crippen LogP contribution in [0.5, 0.6) is 0 Å². The summed E-state index contributed by atoms with van der Waals surface area (Å²) in [6, 6.07) is 10.8. The van der Waals surface area contributed by atoms with Crippen molar-refractivity contribution in [3.8, 4) is 0 Å². The first-order chi connectivity index (χ1) is 10.3. The predicted octanol–water partition coefficient (Wildman–Crippen LogP) is 5.59. The fourth-order valence-electron chi connectivity index (χ4n) is 2.66. The summed E-state index contributed by atoms with van der Waals surface area (Å²) in [6.45, 7) is 0. The average Bonchev–Trinajstić information content (AvgIpc) is 2.49.